The van der Waals surface area contributed by atoms with E-state index in [0.29, 0.717) is 30.2 Å². The average molecular weight is 314 g/mol. The molecule has 122 valence electrons. The summed E-state index contributed by atoms with van der Waals surface area (Å²) in [7, 11) is 0. The van der Waals surface area contributed by atoms with Gasteiger partial charge in [-0.3, -0.25) is 0 Å². The van der Waals surface area contributed by atoms with Gasteiger partial charge >= 0.3 is 0 Å². The van der Waals surface area contributed by atoms with Crippen LogP contribution in [-0.4, -0.2) is 26.2 Å². The zero-order valence-electron chi connectivity index (χ0n) is 13.1. The lowest BCUT2D eigenvalue weighted by molar-refractivity contribution is 0.345. The second-order valence-electron chi connectivity index (χ2n) is 6.64. The second kappa shape index (κ2) is 6.23. The Morgan fingerprint density at radius 1 is 1.17 bits per heavy atom. The van der Waals surface area contributed by atoms with Crippen LogP contribution in [0.5, 0.6) is 0 Å². The van der Waals surface area contributed by atoms with E-state index in [2.05, 4.69) is 25.4 Å². The van der Waals surface area contributed by atoms with Gasteiger partial charge in [0.05, 0.1) is 6.54 Å². The van der Waals surface area contributed by atoms with Crippen molar-refractivity contribution < 1.29 is 4.52 Å². The van der Waals surface area contributed by atoms with Gasteiger partial charge in [0.15, 0.2) is 5.82 Å². The van der Waals surface area contributed by atoms with Crippen LogP contribution in [0.25, 0.3) is 0 Å². The first-order valence-corrected chi connectivity index (χ1v) is 8.42. The van der Waals surface area contributed by atoms with Crippen LogP contribution in [0, 0.1) is 0 Å². The summed E-state index contributed by atoms with van der Waals surface area (Å²) in [6.07, 6.45) is 8.45. The Labute approximate surface area is 135 Å². The summed E-state index contributed by atoms with van der Waals surface area (Å²) in [5.41, 5.74) is 6.91. The van der Waals surface area contributed by atoms with Crippen molar-refractivity contribution in [1.29, 1.82) is 0 Å². The standard InChI is InChI=1S/C16H22N6O/c17-12-5-11(6-12)13-7-14(20-9-19-13)18-8-15-21-16(23-22-15)10-3-1-2-4-10/h7,9-12H,1-6,8,17H2,(H,18,19,20). The van der Waals surface area contributed by atoms with E-state index in [1.807, 2.05) is 6.07 Å². The maximum Gasteiger partial charge on any atom is 0.229 e. The van der Waals surface area contributed by atoms with Crippen LogP contribution in [0.2, 0.25) is 0 Å². The van der Waals surface area contributed by atoms with E-state index in [9.17, 15) is 0 Å². The van der Waals surface area contributed by atoms with Crippen molar-refractivity contribution in [3.05, 3.63) is 29.8 Å². The minimum atomic E-state index is 0.319. The maximum absolute atomic E-state index is 5.85. The van der Waals surface area contributed by atoms with E-state index in [1.165, 1.54) is 12.8 Å². The lowest BCUT2D eigenvalue weighted by Crippen LogP contribution is -2.35. The summed E-state index contributed by atoms with van der Waals surface area (Å²) in [6.45, 7) is 0.511. The Bertz CT molecular complexity index is 660. The number of hydrogen-bond donors (Lipinski definition) is 2. The highest BCUT2D eigenvalue weighted by Crippen LogP contribution is 2.35. The fraction of sp³-hybridized carbons (Fsp3) is 0.625. The molecule has 7 nitrogen and oxygen atoms in total. The first-order valence-electron chi connectivity index (χ1n) is 8.42. The van der Waals surface area contributed by atoms with Crippen molar-refractivity contribution >= 4 is 5.82 Å². The molecule has 2 aliphatic carbocycles. The highest BCUT2D eigenvalue weighted by molar-refractivity contribution is 5.36. The number of nitrogens with two attached hydrogens (primary N) is 1. The first kappa shape index (κ1) is 14.6. The van der Waals surface area contributed by atoms with E-state index in [0.717, 1.165) is 43.1 Å². The second-order valence-corrected chi connectivity index (χ2v) is 6.64. The number of anilines is 1. The van der Waals surface area contributed by atoms with Gasteiger partial charge in [0.1, 0.15) is 12.1 Å². The highest BCUT2D eigenvalue weighted by Gasteiger charge is 2.28. The lowest BCUT2D eigenvalue weighted by Gasteiger charge is -2.31. The van der Waals surface area contributed by atoms with Gasteiger partial charge in [0, 0.05) is 29.6 Å². The molecule has 2 heterocycles. The molecular formula is C16H22N6O. The Morgan fingerprint density at radius 3 is 2.78 bits per heavy atom. The van der Waals surface area contributed by atoms with Crippen LogP contribution in [0.1, 0.15) is 67.8 Å². The monoisotopic (exact) mass is 314 g/mol. The van der Waals surface area contributed by atoms with Crippen molar-refractivity contribution in [2.24, 2.45) is 5.73 Å². The molecule has 7 heteroatoms. The van der Waals surface area contributed by atoms with E-state index in [1.54, 1.807) is 6.33 Å². The molecule has 2 saturated carbocycles. The average Bonchev–Trinajstić information content (AvgIpc) is 3.21. The minimum absolute atomic E-state index is 0.319. The largest absolute Gasteiger partial charge is 0.363 e. The van der Waals surface area contributed by atoms with Gasteiger partial charge in [-0.05, 0) is 25.7 Å². The molecule has 23 heavy (non-hydrogen) atoms. The Kier molecular flexibility index (Phi) is 3.95. The summed E-state index contributed by atoms with van der Waals surface area (Å²) in [6, 6.07) is 2.31. The molecule has 4 rings (SSSR count). The molecule has 0 aromatic carbocycles. The molecule has 0 spiro atoms. The molecule has 3 N–H and O–H groups in total. The Balaban J connectivity index is 1.36. The number of hydrogen-bond acceptors (Lipinski definition) is 7. The topological polar surface area (TPSA) is 103 Å². The van der Waals surface area contributed by atoms with Crippen LogP contribution in [-0.2, 0) is 6.54 Å². The molecule has 0 amide bonds. The number of nitrogens with zero attached hydrogens (tertiary/aromatic N) is 4. The van der Waals surface area contributed by atoms with Crippen LogP contribution in [0.4, 0.5) is 5.82 Å². The van der Waals surface area contributed by atoms with Crippen LogP contribution in [0.3, 0.4) is 0 Å². The molecule has 0 atom stereocenters. The zero-order valence-corrected chi connectivity index (χ0v) is 13.1. The van der Waals surface area contributed by atoms with Crippen LogP contribution in [0.15, 0.2) is 16.9 Å². The van der Waals surface area contributed by atoms with Crippen molar-refractivity contribution in [2.45, 2.75) is 62.9 Å². The third-order valence-corrected chi connectivity index (χ3v) is 4.90. The quantitative estimate of drug-likeness (QED) is 0.873. The summed E-state index contributed by atoms with van der Waals surface area (Å²) >= 11 is 0. The van der Waals surface area contributed by atoms with Crippen molar-refractivity contribution in [1.82, 2.24) is 20.1 Å². The maximum atomic E-state index is 5.85. The van der Waals surface area contributed by atoms with Gasteiger partial charge in [-0.2, -0.15) is 4.98 Å². The summed E-state index contributed by atoms with van der Waals surface area (Å²) in [4.78, 5) is 13.1. The van der Waals surface area contributed by atoms with Crippen molar-refractivity contribution in [3.63, 3.8) is 0 Å². The SMILES string of the molecule is NC1CC(c2cc(NCc3noc(C4CCCC4)n3)ncn2)C1. The Hall–Kier alpha value is -2.02. The highest BCUT2D eigenvalue weighted by atomic mass is 16.5. The van der Waals surface area contributed by atoms with Crippen LogP contribution < -0.4 is 11.1 Å². The number of rotatable bonds is 5. The van der Waals surface area contributed by atoms with Gasteiger partial charge in [-0.1, -0.05) is 18.0 Å². The molecule has 0 bridgehead atoms. The summed E-state index contributed by atoms with van der Waals surface area (Å²) in [5, 5.41) is 7.31. The van der Waals surface area contributed by atoms with Gasteiger partial charge in [0.2, 0.25) is 5.89 Å². The third kappa shape index (κ3) is 3.19. The fourth-order valence-corrected chi connectivity index (χ4v) is 3.44. The zero-order chi connectivity index (χ0) is 15.6. The molecule has 2 fully saturated rings. The molecule has 0 saturated heterocycles. The predicted octanol–water partition coefficient (Wildman–Crippen LogP) is 2.33. The van der Waals surface area contributed by atoms with E-state index < -0.39 is 0 Å². The molecular weight excluding hydrogens is 292 g/mol. The fourth-order valence-electron chi connectivity index (χ4n) is 3.44. The first-order chi connectivity index (χ1) is 11.3. The Morgan fingerprint density at radius 2 is 2.00 bits per heavy atom. The van der Waals surface area contributed by atoms with Gasteiger partial charge < -0.3 is 15.6 Å². The minimum Gasteiger partial charge on any atom is -0.363 e. The van der Waals surface area contributed by atoms with Crippen molar-refractivity contribution in [2.75, 3.05) is 5.32 Å². The smallest absolute Gasteiger partial charge is 0.229 e. The molecule has 0 radical (unpaired) electrons. The number of aromatic nitrogens is 4. The molecule has 0 unspecified atom stereocenters. The van der Waals surface area contributed by atoms with Gasteiger partial charge in [0.25, 0.3) is 0 Å². The van der Waals surface area contributed by atoms with Crippen molar-refractivity contribution in [3.8, 4) is 0 Å². The van der Waals surface area contributed by atoms with Crippen LogP contribution >= 0.6 is 0 Å². The number of nitrogens with one attached hydrogen (secondary N) is 1. The third-order valence-electron chi connectivity index (χ3n) is 4.90. The van der Waals surface area contributed by atoms with Gasteiger partial charge in [-0.15, -0.1) is 0 Å². The van der Waals surface area contributed by atoms with E-state index in [-0.39, 0.29) is 0 Å². The summed E-state index contributed by atoms with van der Waals surface area (Å²) < 4.78 is 5.39. The molecule has 2 aliphatic rings. The molecule has 0 aliphatic heterocycles. The predicted molar refractivity (Wildman–Crippen MR) is 84.8 cm³/mol. The summed E-state index contributed by atoms with van der Waals surface area (Å²) in [5.74, 6) is 3.17. The van der Waals surface area contributed by atoms with Gasteiger partial charge in [-0.25, -0.2) is 9.97 Å². The normalized spacial score (nSPS) is 24.6. The lowest BCUT2D eigenvalue weighted by atomic mass is 9.79. The molecule has 2 aromatic rings. The van der Waals surface area contributed by atoms with E-state index in [4.69, 9.17) is 10.3 Å². The van der Waals surface area contributed by atoms with E-state index >= 15 is 0 Å². The molecule has 2 aromatic heterocycles.